The third-order valence-electron chi connectivity index (χ3n) is 7.37. The van der Waals surface area contributed by atoms with E-state index in [0.717, 1.165) is 57.1 Å². The standard InChI is InChI=1S/C24H37FO5/c1-29-23(28)8-3-2-7-17-15-19-18(20(26)16-21(19)30-17)9-10-22(27)24(12-6-13-24)11-4-5-14-25/h7,9-10,18-22,26-27H,2-6,8,11-16H2,1H3/b10-9+,17-7-/t18-,19-,20-,21-,22-/m1/s1. The van der Waals surface area contributed by atoms with Crippen LogP contribution in [0.3, 0.4) is 0 Å². The van der Waals surface area contributed by atoms with Crippen molar-refractivity contribution in [1.82, 2.24) is 0 Å². The molecule has 0 aromatic heterocycles. The third kappa shape index (κ3) is 5.44. The maximum absolute atomic E-state index is 12.5. The Kier molecular flexibility index (Phi) is 8.35. The first kappa shape index (κ1) is 23.3. The van der Waals surface area contributed by atoms with Crippen LogP contribution in [0.15, 0.2) is 24.0 Å². The van der Waals surface area contributed by atoms with E-state index in [1.165, 1.54) is 7.11 Å². The van der Waals surface area contributed by atoms with E-state index >= 15 is 0 Å². The average molecular weight is 425 g/mol. The molecule has 3 rings (SSSR count). The smallest absolute Gasteiger partial charge is 0.305 e. The van der Waals surface area contributed by atoms with Gasteiger partial charge < -0.3 is 19.7 Å². The molecule has 0 unspecified atom stereocenters. The lowest BCUT2D eigenvalue weighted by Gasteiger charge is -2.45. The van der Waals surface area contributed by atoms with E-state index < -0.39 is 12.2 Å². The minimum atomic E-state index is -0.534. The van der Waals surface area contributed by atoms with Gasteiger partial charge in [-0.25, -0.2) is 0 Å². The quantitative estimate of drug-likeness (QED) is 0.295. The predicted molar refractivity (Wildman–Crippen MR) is 112 cm³/mol. The van der Waals surface area contributed by atoms with Gasteiger partial charge in [-0.2, -0.15) is 0 Å². The van der Waals surface area contributed by atoms with Crippen LogP contribution in [0.1, 0.15) is 70.6 Å². The summed E-state index contributed by atoms with van der Waals surface area (Å²) in [5, 5.41) is 21.3. The number of unbranched alkanes of at least 4 members (excludes halogenated alkanes) is 2. The number of hydrogen-bond donors (Lipinski definition) is 2. The monoisotopic (exact) mass is 424 g/mol. The summed E-state index contributed by atoms with van der Waals surface area (Å²) in [5.41, 5.74) is -0.106. The van der Waals surface area contributed by atoms with E-state index in [-0.39, 0.29) is 36.0 Å². The molecule has 6 heteroatoms. The van der Waals surface area contributed by atoms with Crippen molar-refractivity contribution in [1.29, 1.82) is 0 Å². The molecule has 5 atom stereocenters. The number of ether oxygens (including phenoxy) is 2. The van der Waals surface area contributed by atoms with Gasteiger partial charge in [-0.1, -0.05) is 25.0 Å². The Balaban J connectivity index is 1.53. The van der Waals surface area contributed by atoms with Crippen molar-refractivity contribution < 1.29 is 28.9 Å². The zero-order valence-corrected chi connectivity index (χ0v) is 18.1. The second-order valence-electron chi connectivity index (χ2n) is 9.24. The zero-order chi connectivity index (χ0) is 21.6. The summed E-state index contributed by atoms with van der Waals surface area (Å²) in [7, 11) is 1.40. The summed E-state index contributed by atoms with van der Waals surface area (Å²) >= 11 is 0. The van der Waals surface area contributed by atoms with Crippen molar-refractivity contribution in [3.05, 3.63) is 24.0 Å². The lowest BCUT2D eigenvalue weighted by Crippen LogP contribution is -2.40. The van der Waals surface area contributed by atoms with Gasteiger partial charge in [0.25, 0.3) is 0 Å². The number of carbonyl (C=O) groups is 1. The fraction of sp³-hybridized carbons (Fsp3) is 0.792. The molecular formula is C24H37FO5. The van der Waals surface area contributed by atoms with E-state index in [1.807, 2.05) is 12.2 Å². The molecule has 2 N–H and O–H groups in total. The molecule has 1 heterocycles. The molecule has 0 aromatic carbocycles. The Morgan fingerprint density at radius 1 is 1.37 bits per heavy atom. The second-order valence-corrected chi connectivity index (χ2v) is 9.24. The third-order valence-corrected chi connectivity index (χ3v) is 7.37. The maximum atomic E-state index is 12.5. The largest absolute Gasteiger partial charge is 0.495 e. The number of rotatable bonds is 11. The number of methoxy groups -OCH3 is 1. The minimum absolute atomic E-state index is 0.0147. The molecule has 0 bridgehead atoms. The zero-order valence-electron chi connectivity index (χ0n) is 18.1. The van der Waals surface area contributed by atoms with Crippen LogP contribution in [-0.2, 0) is 14.3 Å². The molecule has 0 spiro atoms. The molecule has 1 saturated heterocycles. The molecule has 170 valence electrons. The van der Waals surface area contributed by atoms with Crippen LogP contribution in [-0.4, -0.2) is 48.3 Å². The van der Waals surface area contributed by atoms with Crippen LogP contribution in [0.2, 0.25) is 0 Å². The summed E-state index contributed by atoms with van der Waals surface area (Å²) in [5.74, 6) is 0.952. The average Bonchev–Trinajstić information content (AvgIpc) is 3.21. The summed E-state index contributed by atoms with van der Waals surface area (Å²) < 4.78 is 23.2. The molecule has 3 fully saturated rings. The molecule has 2 aliphatic carbocycles. The van der Waals surface area contributed by atoms with Crippen molar-refractivity contribution in [3.63, 3.8) is 0 Å². The highest BCUT2D eigenvalue weighted by molar-refractivity contribution is 5.69. The lowest BCUT2D eigenvalue weighted by atomic mass is 9.62. The van der Waals surface area contributed by atoms with Crippen LogP contribution < -0.4 is 0 Å². The molecule has 3 aliphatic rings. The van der Waals surface area contributed by atoms with Crippen molar-refractivity contribution >= 4 is 5.97 Å². The number of aliphatic hydroxyl groups is 2. The topological polar surface area (TPSA) is 76.0 Å². The van der Waals surface area contributed by atoms with E-state index in [4.69, 9.17) is 4.74 Å². The number of fused-ring (bicyclic) bond motifs is 1. The van der Waals surface area contributed by atoms with Crippen LogP contribution in [0.4, 0.5) is 4.39 Å². The van der Waals surface area contributed by atoms with Gasteiger partial charge in [-0.15, -0.1) is 0 Å². The Morgan fingerprint density at radius 3 is 2.83 bits per heavy atom. The van der Waals surface area contributed by atoms with E-state index in [9.17, 15) is 19.4 Å². The highest BCUT2D eigenvalue weighted by Crippen LogP contribution is 2.49. The second kappa shape index (κ2) is 10.8. The summed E-state index contributed by atoms with van der Waals surface area (Å²) in [6.07, 6.45) is 13.6. The first-order chi connectivity index (χ1) is 14.5. The Bertz CT molecular complexity index is 627. The fourth-order valence-corrected chi connectivity index (χ4v) is 5.33. The number of hydrogen-bond acceptors (Lipinski definition) is 5. The number of aliphatic hydroxyl groups excluding tert-OH is 2. The van der Waals surface area contributed by atoms with E-state index in [1.54, 1.807) is 0 Å². The molecule has 0 amide bonds. The number of carbonyl (C=O) groups excluding carboxylic acids is 1. The minimum Gasteiger partial charge on any atom is -0.495 e. The first-order valence-corrected chi connectivity index (χ1v) is 11.5. The van der Waals surface area contributed by atoms with Crippen molar-refractivity contribution in [3.8, 4) is 0 Å². The van der Waals surface area contributed by atoms with Crippen LogP contribution in [0.5, 0.6) is 0 Å². The number of halogens is 1. The van der Waals surface area contributed by atoms with Gasteiger partial charge in [0.05, 0.1) is 31.8 Å². The van der Waals surface area contributed by atoms with Crippen LogP contribution in [0, 0.1) is 17.3 Å². The molecule has 30 heavy (non-hydrogen) atoms. The number of allylic oxidation sites excluding steroid dienone is 2. The predicted octanol–water partition coefficient (Wildman–Crippen LogP) is 4.23. The van der Waals surface area contributed by atoms with Crippen LogP contribution in [0.25, 0.3) is 0 Å². The normalized spacial score (nSPS) is 32.1. The molecule has 0 radical (unpaired) electrons. The molecule has 2 saturated carbocycles. The van der Waals surface area contributed by atoms with Crippen molar-refractivity contribution in [2.45, 2.75) is 88.9 Å². The van der Waals surface area contributed by atoms with Gasteiger partial charge in [0.2, 0.25) is 0 Å². The Labute approximate surface area is 179 Å². The highest BCUT2D eigenvalue weighted by Gasteiger charge is 2.47. The molecule has 5 nitrogen and oxygen atoms in total. The van der Waals surface area contributed by atoms with Gasteiger partial charge in [0.1, 0.15) is 6.10 Å². The van der Waals surface area contributed by atoms with Gasteiger partial charge >= 0.3 is 5.97 Å². The van der Waals surface area contributed by atoms with E-state index in [0.29, 0.717) is 19.3 Å². The molecule has 1 aliphatic heterocycles. The highest BCUT2D eigenvalue weighted by atomic mass is 19.1. The summed E-state index contributed by atoms with van der Waals surface area (Å²) in [6.45, 7) is -0.294. The Morgan fingerprint density at radius 2 is 2.17 bits per heavy atom. The molecular weight excluding hydrogens is 387 g/mol. The lowest BCUT2D eigenvalue weighted by molar-refractivity contribution is -0.140. The first-order valence-electron chi connectivity index (χ1n) is 11.5. The fourth-order valence-electron chi connectivity index (χ4n) is 5.33. The van der Waals surface area contributed by atoms with Crippen molar-refractivity contribution in [2.75, 3.05) is 13.8 Å². The van der Waals surface area contributed by atoms with Gasteiger partial charge in [0, 0.05) is 31.1 Å². The maximum Gasteiger partial charge on any atom is 0.305 e. The van der Waals surface area contributed by atoms with Gasteiger partial charge in [-0.3, -0.25) is 9.18 Å². The van der Waals surface area contributed by atoms with Gasteiger partial charge in [-0.05, 0) is 50.0 Å². The summed E-state index contributed by atoms with van der Waals surface area (Å²) in [4.78, 5) is 11.2. The number of esters is 1. The SMILES string of the molecule is COC(=O)CCC/C=C1/C[C@@H]2[C@@H](/C=C/[C@@H](O)C3(CCCCF)CCC3)[C@H](O)C[C@H]2O1. The van der Waals surface area contributed by atoms with Crippen molar-refractivity contribution in [2.24, 2.45) is 17.3 Å². The Hall–Kier alpha value is -1.40. The van der Waals surface area contributed by atoms with Crippen LogP contribution >= 0.6 is 0 Å². The summed E-state index contributed by atoms with van der Waals surface area (Å²) in [6, 6.07) is 0. The van der Waals surface area contributed by atoms with E-state index in [2.05, 4.69) is 10.8 Å². The number of alkyl halides is 1. The molecule has 0 aromatic rings. The van der Waals surface area contributed by atoms with Gasteiger partial charge in [0.15, 0.2) is 0 Å².